The van der Waals surface area contributed by atoms with Gasteiger partial charge in [-0.2, -0.15) is 0 Å². The third-order valence-electron chi connectivity index (χ3n) is 6.09. The van der Waals surface area contributed by atoms with Crippen molar-refractivity contribution in [3.05, 3.63) is 58.7 Å². The number of hydrogen-bond acceptors (Lipinski definition) is 7. The number of fused-ring (bicyclic) bond motifs is 2. The molecule has 35 heavy (non-hydrogen) atoms. The van der Waals surface area contributed by atoms with Gasteiger partial charge in [0.2, 0.25) is 0 Å². The molecule has 0 atom stereocenters. The molecule has 2 aromatic rings. The van der Waals surface area contributed by atoms with Crippen molar-refractivity contribution in [3.63, 3.8) is 0 Å². The van der Waals surface area contributed by atoms with E-state index in [4.69, 9.17) is 9.31 Å². The molecular weight excluding hydrogens is 454 g/mol. The fraction of sp³-hybridized carbons (Fsp3) is 0.348. The fourth-order valence-electron chi connectivity index (χ4n) is 4.24. The molecule has 0 spiro atoms. The van der Waals surface area contributed by atoms with Crippen molar-refractivity contribution in [1.82, 2.24) is 10.2 Å². The molecule has 2 aliphatic heterocycles. The van der Waals surface area contributed by atoms with E-state index in [9.17, 15) is 29.5 Å². The number of carbonyl (C=O) groups excluding carboxylic acids is 2. The van der Waals surface area contributed by atoms with Gasteiger partial charge in [-0.3, -0.25) is 14.4 Å². The molecule has 0 saturated heterocycles. The normalized spacial score (nSPS) is 14.5. The first kappa shape index (κ1) is 24.9. The molecule has 0 unspecified atom stereocenters. The number of carboxylic acids is 1. The topological polar surface area (TPSA) is 146 Å². The smallest absolute Gasteiger partial charge is 0.480 e. The van der Waals surface area contributed by atoms with Crippen LogP contribution >= 0.6 is 0 Å². The number of rotatable bonds is 8. The highest BCUT2D eigenvalue weighted by Crippen LogP contribution is 2.20. The molecular formula is C23H26B2N2O8. The first-order valence-electron chi connectivity index (χ1n) is 11.2. The summed E-state index contributed by atoms with van der Waals surface area (Å²) in [7, 11) is -2.18. The van der Waals surface area contributed by atoms with E-state index in [0.717, 1.165) is 11.1 Å². The Hall–Kier alpha value is -3.18. The van der Waals surface area contributed by atoms with Gasteiger partial charge >= 0.3 is 20.2 Å². The molecule has 2 amide bonds. The number of aliphatic carboxylic acids is 1. The minimum atomic E-state index is -1.17. The summed E-state index contributed by atoms with van der Waals surface area (Å²) < 4.78 is 10.3. The molecule has 2 heterocycles. The second-order valence-corrected chi connectivity index (χ2v) is 9.56. The largest absolute Gasteiger partial charge is 0.491 e. The lowest BCUT2D eigenvalue weighted by molar-refractivity contribution is -0.138. The summed E-state index contributed by atoms with van der Waals surface area (Å²) in [5, 5.41) is 32.0. The Kier molecular flexibility index (Phi) is 7.00. The van der Waals surface area contributed by atoms with Gasteiger partial charge in [0.1, 0.15) is 6.54 Å². The van der Waals surface area contributed by atoms with Gasteiger partial charge in [-0.25, -0.2) is 0 Å². The van der Waals surface area contributed by atoms with E-state index in [0.29, 0.717) is 16.5 Å². The van der Waals surface area contributed by atoms with Crippen LogP contribution < -0.4 is 16.2 Å². The van der Waals surface area contributed by atoms with Crippen LogP contribution in [-0.2, 0) is 27.3 Å². The van der Waals surface area contributed by atoms with Crippen LogP contribution in [0.3, 0.4) is 0 Å². The van der Waals surface area contributed by atoms with E-state index in [1.807, 2.05) is 13.8 Å². The first-order chi connectivity index (χ1) is 16.5. The Labute approximate surface area is 203 Å². The number of amides is 2. The second kappa shape index (κ2) is 9.82. The van der Waals surface area contributed by atoms with Gasteiger partial charge < -0.3 is 34.7 Å². The molecule has 182 valence electrons. The molecule has 0 radical (unpaired) electrons. The summed E-state index contributed by atoms with van der Waals surface area (Å²) in [6.07, 6.45) is 0. The van der Waals surface area contributed by atoms with Gasteiger partial charge in [0.25, 0.3) is 11.8 Å². The Morgan fingerprint density at radius 3 is 2.09 bits per heavy atom. The number of carboxylic acid groups (broad SMARTS) is 1. The van der Waals surface area contributed by atoms with E-state index in [1.165, 1.54) is 11.0 Å². The summed E-state index contributed by atoms with van der Waals surface area (Å²) in [6.45, 7) is 3.87. The van der Waals surface area contributed by atoms with Gasteiger partial charge in [-0.15, -0.1) is 0 Å². The predicted molar refractivity (Wildman–Crippen MR) is 127 cm³/mol. The zero-order valence-electron chi connectivity index (χ0n) is 19.5. The van der Waals surface area contributed by atoms with Crippen LogP contribution in [0.4, 0.5) is 0 Å². The number of benzene rings is 2. The van der Waals surface area contributed by atoms with Crippen LogP contribution in [0.1, 0.15) is 45.7 Å². The molecule has 0 fully saturated rings. The zero-order valence-corrected chi connectivity index (χ0v) is 19.5. The van der Waals surface area contributed by atoms with Crippen LogP contribution in [0.25, 0.3) is 0 Å². The molecule has 4 rings (SSSR count). The highest BCUT2D eigenvalue weighted by atomic mass is 16.5. The lowest BCUT2D eigenvalue weighted by Gasteiger charge is -2.32. The number of nitrogens with one attached hydrogen (secondary N) is 1. The summed E-state index contributed by atoms with van der Waals surface area (Å²) in [4.78, 5) is 38.6. The van der Waals surface area contributed by atoms with Gasteiger partial charge in [0.05, 0.1) is 13.2 Å². The first-order valence-corrected chi connectivity index (χ1v) is 11.2. The van der Waals surface area contributed by atoms with Gasteiger partial charge in [0, 0.05) is 24.2 Å². The Morgan fingerprint density at radius 1 is 0.971 bits per heavy atom. The van der Waals surface area contributed by atoms with E-state index in [2.05, 4.69) is 5.32 Å². The third-order valence-corrected chi connectivity index (χ3v) is 6.09. The highest BCUT2D eigenvalue weighted by molar-refractivity contribution is 6.62. The maximum absolute atomic E-state index is 13.2. The Bertz CT molecular complexity index is 1170. The van der Waals surface area contributed by atoms with E-state index < -0.39 is 38.1 Å². The standard InChI is InChI=1S/C23H26B2N2O8/c1-23(2,12-26-21(30)14-3-5-16-10-34-24(32)18(16)7-14)13-27(9-20(28)29)22(31)15-4-6-17-11-35-25(33)19(17)8-15/h3-8,32-33H,9-13H2,1-2H3,(H,26,30)(H,28,29). The minimum Gasteiger partial charge on any atom is -0.480 e. The lowest BCUT2D eigenvalue weighted by Crippen LogP contribution is -2.46. The molecule has 12 heteroatoms. The minimum absolute atomic E-state index is 0.0608. The second-order valence-electron chi connectivity index (χ2n) is 9.56. The maximum Gasteiger partial charge on any atom is 0.491 e. The molecule has 0 aromatic heterocycles. The predicted octanol–water partition coefficient (Wildman–Crippen LogP) is -0.895. The average molecular weight is 480 g/mol. The van der Waals surface area contributed by atoms with Crippen LogP contribution in [0.5, 0.6) is 0 Å². The van der Waals surface area contributed by atoms with Crippen LogP contribution in [0.2, 0.25) is 0 Å². The molecule has 0 bridgehead atoms. The fourth-order valence-corrected chi connectivity index (χ4v) is 4.24. The number of nitrogens with zero attached hydrogens (tertiary/aromatic N) is 1. The van der Waals surface area contributed by atoms with Crippen molar-refractivity contribution < 1.29 is 38.8 Å². The molecule has 10 nitrogen and oxygen atoms in total. The number of carbonyl (C=O) groups is 3. The van der Waals surface area contributed by atoms with Gasteiger partial charge in [-0.1, -0.05) is 26.0 Å². The van der Waals surface area contributed by atoms with E-state index in [1.54, 1.807) is 30.3 Å². The van der Waals surface area contributed by atoms with Crippen LogP contribution in [0, 0.1) is 5.41 Å². The van der Waals surface area contributed by atoms with Crippen molar-refractivity contribution in [2.75, 3.05) is 19.6 Å². The molecule has 4 N–H and O–H groups in total. The quantitative estimate of drug-likeness (QED) is 0.356. The molecule has 2 aromatic carbocycles. The van der Waals surface area contributed by atoms with Crippen molar-refractivity contribution in [2.45, 2.75) is 27.1 Å². The number of hydrogen-bond donors (Lipinski definition) is 4. The average Bonchev–Trinajstić information content (AvgIpc) is 3.38. The summed E-state index contributed by atoms with van der Waals surface area (Å²) in [6, 6.07) is 9.75. The Morgan fingerprint density at radius 2 is 1.51 bits per heavy atom. The monoisotopic (exact) mass is 480 g/mol. The molecule has 0 aliphatic carbocycles. The lowest BCUT2D eigenvalue weighted by atomic mass is 9.78. The Balaban J connectivity index is 1.44. The highest BCUT2D eigenvalue weighted by Gasteiger charge is 2.32. The third kappa shape index (κ3) is 5.57. The summed E-state index contributed by atoms with van der Waals surface area (Å²) in [5.41, 5.74) is 2.58. The van der Waals surface area contributed by atoms with Crippen molar-refractivity contribution in [3.8, 4) is 0 Å². The van der Waals surface area contributed by atoms with E-state index >= 15 is 0 Å². The molecule has 0 saturated carbocycles. The van der Waals surface area contributed by atoms with Gasteiger partial charge in [-0.05, 0) is 51.7 Å². The van der Waals surface area contributed by atoms with Crippen LogP contribution in [0.15, 0.2) is 36.4 Å². The zero-order chi connectivity index (χ0) is 25.3. The van der Waals surface area contributed by atoms with E-state index in [-0.39, 0.29) is 37.8 Å². The SMILES string of the molecule is CC(C)(CNC(=O)c1ccc2c(c1)B(O)OC2)CN(CC(=O)O)C(=O)c1ccc2c(c1)B(O)OC2. The summed E-state index contributed by atoms with van der Waals surface area (Å²) in [5.74, 6) is -2.02. The molecule has 2 aliphatic rings. The van der Waals surface area contributed by atoms with Gasteiger partial charge in [0.15, 0.2) is 0 Å². The maximum atomic E-state index is 13.2. The van der Waals surface area contributed by atoms with Crippen molar-refractivity contribution >= 4 is 42.9 Å². The van der Waals surface area contributed by atoms with Crippen LogP contribution in [-0.4, -0.2) is 71.7 Å². The van der Waals surface area contributed by atoms with Crippen molar-refractivity contribution in [2.24, 2.45) is 5.41 Å². The summed E-state index contributed by atoms with van der Waals surface area (Å²) >= 11 is 0. The van der Waals surface area contributed by atoms with Crippen molar-refractivity contribution in [1.29, 1.82) is 0 Å².